The molecule has 17 heavy (non-hydrogen) atoms. The molecule has 0 saturated carbocycles. The third kappa shape index (κ3) is 1.97. The van der Waals surface area contributed by atoms with Gasteiger partial charge in [0.2, 0.25) is 0 Å². The van der Waals surface area contributed by atoms with Gasteiger partial charge in [-0.1, -0.05) is 23.9 Å². The van der Waals surface area contributed by atoms with Crippen LogP contribution in [-0.4, -0.2) is 19.7 Å². The zero-order chi connectivity index (χ0) is 11.7. The predicted molar refractivity (Wildman–Crippen MR) is 65.2 cm³/mol. The van der Waals surface area contributed by atoms with E-state index in [0.29, 0.717) is 0 Å². The maximum Gasteiger partial charge on any atom is 0.156 e. The molecule has 0 fully saturated rings. The number of phenolic OH excluding ortho intramolecular Hbond substituents is 1. The SMILES string of the molecule is Oc1ccccc1Sc1ccn2nccc2n1. The number of benzene rings is 1. The van der Waals surface area contributed by atoms with E-state index < -0.39 is 0 Å². The molecule has 84 valence electrons. The molecule has 0 radical (unpaired) electrons. The average molecular weight is 243 g/mol. The average Bonchev–Trinajstić information content (AvgIpc) is 2.79. The normalized spacial score (nSPS) is 10.8. The van der Waals surface area contributed by atoms with Gasteiger partial charge in [0.1, 0.15) is 10.8 Å². The van der Waals surface area contributed by atoms with Crippen LogP contribution in [0.2, 0.25) is 0 Å². The molecule has 0 amide bonds. The number of para-hydroxylation sites is 1. The van der Waals surface area contributed by atoms with Crippen LogP contribution >= 0.6 is 11.8 Å². The summed E-state index contributed by atoms with van der Waals surface area (Å²) in [4.78, 5) is 5.22. The lowest BCUT2D eigenvalue weighted by atomic mass is 10.3. The van der Waals surface area contributed by atoms with Gasteiger partial charge in [-0.2, -0.15) is 5.10 Å². The summed E-state index contributed by atoms with van der Waals surface area (Å²) in [6.07, 6.45) is 3.56. The number of hydrogen-bond donors (Lipinski definition) is 1. The molecule has 1 N–H and O–H groups in total. The second-order valence-electron chi connectivity index (χ2n) is 3.47. The fraction of sp³-hybridized carbons (Fsp3) is 0. The zero-order valence-electron chi connectivity index (χ0n) is 8.82. The van der Waals surface area contributed by atoms with E-state index in [-0.39, 0.29) is 5.75 Å². The summed E-state index contributed by atoms with van der Waals surface area (Å²) in [6.45, 7) is 0. The predicted octanol–water partition coefficient (Wildman–Crippen LogP) is 2.59. The Morgan fingerprint density at radius 3 is 2.88 bits per heavy atom. The summed E-state index contributed by atoms with van der Waals surface area (Å²) < 4.78 is 1.70. The number of fused-ring (bicyclic) bond motifs is 1. The van der Waals surface area contributed by atoms with Crippen molar-refractivity contribution in [3.8, 4) is 5.75 Å². The molecule has 0 saturated heterocycles. The van der Waals surface area contributed by atoms with Gasteiger partial charge in [0.25, 0.3) is 0 Å². The number of aromatic hydroxyl groups is 1. The minimum Gasteiger partial charge on any atom is -0.507 e. The van der Waals surface area contributed by atoms with Gasteiger partial charge in [0.15, 0.2) is 5.65 Å². The maximum absolute atomic E-state index is 9.68. The minimum absolute atomic E-state index is 0.271. The molecule has 0 unspecified atom stereocenters. The van der Waals surface area contributed by atoms with Crippen LogP contribution in [0.5, 0.6) is 5.75 Å². The lowest BCUT2D eigenvalue weighted by Gasteiger charge is -2.03. The van der Waals surface area contributed by atoms with Crippen molar-refractivity contribution in [2.45, 2.75) is 9.92 Å². The first-order chi connectivity index (χ1) is 8.33. The van der Waals surface area contributed by atoms with Crippen molar-refractivity contribution in [3.05, 3.63) is 48.8 Å². The van der Waals surface area contributed by atoms with Gasteiger partial charge in [-0.05, 0) is 18.2 Å². The minimum atomic E-state index is 0.271. The van der Waals surface area contributed by atoms with E-state index in [4.69, 9.17) is 0 Å². The Morgan fingerprint density at radius 1 is 1.12 bits per heavy atom. The molecule has 4 nitrogen and oxygen atoms in total. The molecular weight excluding hydrogens is 234 g/mol. The van der Waals surface area contributed by atoms with E-state index in [1.807, 2.05) is 30.5 Å². The first-order valence-corrected chi connectivity index (χ1v) is 5.91. The molecule has 3 aromatic rings. The van der Waals surface area contributed by atoms with Crippen LogP contribution in [0.25, 0.3) is 5.65 Å². The highest BCUT2D eigenvalue weighted by Gasteiger charge is 2.04. The Hall–Kier alpha value is -2.01. The van der Waals surface area contributed by atoms with Crippen molar-refractivity contribution in [1.82, 2.24) is 14.6 Å². The summed E-state index contributed by atoms with van der Waals surface area (Å²) >= 11 is 1.43. The molecule has 0 atom stereocenters. The van der Waals surface area contributed by atoms with Gasteiger partial charge < -0.3 is 5.11 Å². The van der Waals surface area contributed by atoms with Crippen molar-refractivity contribution < 1.29 is 5.11 Å². The highest BCUT2D eigenvalue weighted by atomic mass is 32.2. The highest BCUT2D eigenvalue weighted by molar-refractivity contribution is 7.99. The monoisotopic (exact) mass is 243 g/mol. The van der Waals surface area contributed by atoms with E-state index in [1.165, 1.54) is 11.8 Å². The van der Waals surface area contributed by atoms with Gasteiger partial charge in [-0.3, -0.25) is 0 Å². The summed E-state index contributed by atoms with van der Waals surface area (Å²) in [7, 11) is 0. The van der Waals surface area contributed by atoms with Crippen LogP contribution in [0.1, 0.15) is 0 Å². The first kappa shape index (κ1) is 10.2. The quantitative estimate of drug-likeness (QED) is 0.703. The Labute approximate surface area is 102 Å². The van der Waals surface area contributed by atoms with E-state index in [9.17, 15) is 5.11 Å². The van der Waals surface area contributed by atoms with E-state index in [0.717, 1.165) is 15.6 Å². The van der Waals surface area contributed by atoms with Crippen molar-refractivity contribution in [2.75, 3.05) is 0 Å². The molecule has 0 bridgehead atoms. The van der Waals surface area contributed by atoms with E-state index in [1.54, 1.807) is 22.8 Å². The first-order valence-electron chi connectivity index (χ1n) is 5.09. The number of rotatable bonds is 2. The van der Waals surface area contributed by atoms with Gasteiger partial charge in [0.05, 0.1) is 11.1 Å². The Morgan fingerprint density at radius 2 is 2.00 bits per heavy atom. The second-order valence-corrected chi connectivity index (χ2v) is 4.53. The van der Waals surface area contributed by atoms with Crippen LogP contribution in [-0.2, 0) is 0 Å². The fourth-order valence-corrected chi connectivity index (χ4v) is 2.32. The number of hydrogen-bond acceptors (Lipinski definition) is 4. The Bertz CT molecular complexity index is 665. The molecule has 2 heterocycles. The fourth-order valence-electron chi connectivity index (χ4n) is 1.51. The lowest BCUT2D eigenvalue weighted by Crippen LogP contribution is -1.89. The summed E-state index contributed by atoms with van der Waals surface area (Å²) in [5.41, 5.74) is 0.797. The Balaban J connectivity index is 1.97. The second kappa shape index (κ2) is 4.10. The largest absolute Gasteiger partial charge is 0.507 e. The van der Waals surface area contributed by atoms with Crippen molar-refractivity contribution in [1.29, 1.82) is 0 Å². The van der Waals surface area contributed by atoms with Crippen LogP contribution in [0.15, 0.2) is 58.7 Å². The standard InChI is InChI=1S/C12H9N3OS/c16-9-3-1-2-4-10(9)17-12-6-8-15-11(14-12)5-7-13-15/h1-8,16H. The van der Waals surface area contributed by atoms with Crippen LogP contribution in [0.3, 0.4) is 0 Å². The molecule has 0 spiro atoms. The smallest absolute Gasteiger partial charge is 0.156 e. The van der Waals surface area contributed by atoms with Gasteiger partial charge in [-0.15, -0.1) is 0 Å². The third-order valence-corrected chi connectivity index (χ3v) is 3.31. The molecule has 3 rings (SSSR count). The van der Waals surface area contributed by atoms with Crippen molar-refractivity contribution in [3.63, 3.8) is 0 Å². The van der Waals surface area contributed by atoms with Crippen LogP contribution in [0.4, 0.5) is 0 Å². The van der Waals surface area contributed by atoms with Crippen molar-refractivity contribution >= 4 is 17.4 Å². The number of aromatic nitrogens is 3. The van der Waals surface area contributed by atoms with E-state index >= 15 is 0 Å². The molecule has 2 aromatic heterocycles. The summed E-state index contributed by atoms with van der Waals surface area (Å²) in [5, 5.41) is 14.6. The molecule has 0 aliphatic carbocycles. The van der Waals surface area contributed by atoms with Crippen LogP contribution < -0.4 is 0 Å². The molecule has 5 heteroatoms. The number of nitrogens with zero attached hydrogens (tertiary/aromatic N) is 3. The summed E-state index contributed by atoms with van der Waals surface area (Å²) in [6, 6.07) is 10.9. The van der Waals surface area contributed by atoms with Gasteiger partial charge in [-0.25, -0.2) is 9.50 Å². The molecule has 0 aliphatic heterocycles. The molecule has 0 aliphatic rings. The van der Waals surface area contributed by atoms with Gasteiger partial charge >= 0.3 is 0 Å². The maximum atomic E-state index is 9.68. The van der Waals surface area contributed by atoms with Crippen molar-refractivity contribution in [2.24, 2.45) is 0 Å². The Kier molecular flexibility index (Phi) is 2.45. The molecular formula is C12H9N3OS. The lowest BCUT2D eigenvalue weighted by molar-refractivity contribution is 0.462. The number of phenols is 1. The zero-order valence-corrected chi connectivity index (χ0v) is 9.63. The van der Waals surface area contributed by atoms with Crippen LogP contribution in [0, 0.1) is 0 Å². The van der Waals surface area contributed by atoms with E-state index in [2.05, 4.69) is 10.1 Å². The summed E-state index contributed by atoms with van der Waals surface area (Å²) in [5.74, 6) is 0.271. The van der Waals surface area contributed by atoms with Gasteiger partial charge in [0, 0.05) is 12.3 Å². The highest BCUT2D eigenvalue weighted by Crippen LogP contribution is 2.32. The topological polar surface area (TPSA) is 50.4 Å². The third-order valence-electron chi connectivity index (χ3n) is 2.31. The molecule has 1 aromatic carbocycles.